The molecule has 1 spiro atoms. The SMILES string of the molecule is CS(=O)(=O)N1CCCC2(CCC2)C1. The summed E-state index contributed by atoms with van der Waals surface area (Å²) < 4.78 is 24.3. The van der Waals surface area contributed by atoms with Crippen molar-refractivity contribution in [3.8, 4) is 0 Å². The molecule has 3 nitrogen and oxygen atoms in total. The van der Waals surface area contributed by atoms with Gasteiger partial charge in [0.25, 0.3) is 0 Å². The molecule has 0 aromatic carbocycles. The van der Waals surface area contributed by atoms with Gasteiger partial charge < -0.3 is 0 Å². The summed E-state index contributed by atoms with van der Waals surface area (Å²) in [4.78, 5) is 0. The molecule has 0 amide bonds. The molecule has 1 heterocycles. The van der Waals surface area contributed by atoms with Crippen LogP contribution >= 0.6 is 0 Å². The van der Waals surface area contributed by atoms with Crippen LogP contribution in [0.25, 0.3) is 0 Å². The Bertz CT molecular complexity index is 293. The summed E-state index contributed by atoms with van der Waals surface area (Å²) in [6.45, 7) is 1.52. The van der Waals surface area contributed by atoms with Gasteiger partial charge in [0.05, 0.1) is 6.26 Å². The highest BCUT2D eigenvalue weighted by Crippen LogP contribution is 2.47. The van der Waals surface area contributed by atoms with Crippen LogP contribution in [0.5, 0.6) is 0 Å². The molecule has 2 fully saturated rings. The van der Waals surface area contributed by atoms with Crippen LogP contribution in [0.3, 0.4) is 0 Å². The number of rotatable bonds is 1. The van der Waals surface area contributed by atoms with Gasteiger partial charge >= 0.3 is 0 Å². The Morgan fingerprint density at radius 3 is 2.23 bits per heavy atom. The van der Waals surface area contributed by atoms with E-state index in [2.05, 4.69) is 0 Å². The van der Waals surface area contributed by atoms with Gasteiger partial charge in [-0.15, -0.1) is 0 Å². The summed E-state index contributed by atoms with van der Waals surface area (Å²) in [6, 6.07) is 0. The van der Waals surface area contributed by atoms with Gasteiger partial charge in [-0.1, -0.05) is 6.42 Å². The molecule has 1 aliphatic heterocycles. The zero-order valence-corrected chi connectivity index (χ0v) is 8.94. The highest BCUT2D eigenvalue weighted by atomic mass is 32.2. The fourth-order valence-corrected chi connectivity index (χ4v) is 3.50. The third kappa shape index (κ3) is 1.74. The van der Waals surface area contributed by atoms with E-state index in [4.69, 9.17) is 0 Å². The summed E-state index contributed by atoms with van der Waals surface area (Å²) in [5, 5.41) is 0. The fourth-order valence-electron chi connectivity index (χ4n) is 2.53. The molecule has 0 atom stereocenters. The van der Waals surface area contributed by atoms with Crippen LogP contribution in [0.4, 0.5) is 0 Å². The predicted octanol–water partition coefficient (Wildman–Crippen LogP) is 1.21. The minimum absolute atomic E-state index is 0.376. The number of sulfonamides is 1. The average molecular weight is 203 g/mol. The van der Waals surface area contributed by atoms with Crippen molar-refractivity contribution in [1.29, 1.82) is 0 Å². The van der Waals surface area contributed by atoms with Gasteiger partial charge in [-0.05, 0) is 31.1 Å². The molecule has 13 heavy (non-hydrogen) atoms. The van der Waals surface area contributed by atoms with Crippen LogP contribution < -0.4 is 0 Å². The molecule has 1 saturated heterocycles. The van der Waals surface area contributed by atoms with E-state index < -0.39 is 10.0 Å². The number of piperidine rings is 1. The molecule has 0 bridgehead atoms. The molecular weight excluding hydrogens is 186 g/mol. The van der Waals surface area contributed by atoms with Gasteiger partial charge in [0.1, 0.15) is 0 Å². The summed E-state index contributed by atoms with van der Waals surface area (Å²) in [7, 11) is -2.94. The monoisotopic (exact) mass is 203 g/mol. The number of hydrogen-bond acceptors (Lipinski definition) is 2. The Balaban J connectivity index is 2.08. The van der Waals surface area contributed by atoms with E-state index in [1.54, 1.807) is 4.31 Å². The number of hydrogen-bond donors (Lipinski definition) is 0. The van der Waals surface area contributed by atoms with E-state index in [9.17, 15) is 8.42 Å². The van der Waals surface area contributed by atoms with E-state index in [0.29, 0.717) is 5.41 Å². The van der Waals surface area contributed by atoms with Crippen molar-refractivity contribution in [3.63, 3.8) is 0 Å². The topological polar surface area (TPSA) is 37.4 Å². The summed E-state index contributed by atoms with van der Waals surface area (Å²) >= 11 is 0. The average Bonchev–Trinajstić information content (AvgIpc) is 2.00. The first-order valence-electron chi connectivity index (χ1n) is 4.97. The lowest BCUT2D eigenvalue weighted by Gasteiger charge is -2.48. The maximum Gasteiger partial charge on any atom is 0.211 e. The summed E-state index contributed by atoms with van der Waals surface area (Å²) in [6.07, 6.45) is 7.37. The molecule has 0 aromatic heterocycles. The van der Waals surface area contributed by atoms with Crippen LogP contribution in [0.1, 0.15) is 32.1 Å². The lowest BCUT2D eigenvalue weighted by Crippen LogP contribution is -2.48. The van der Waals surface area contributed by atoms with E-state index in [-0.39, 0.29) is 0 Å². The van der Waals surface area contributed by atoms with Gasteiger partial charge in [0.2, 0.25) is 10.0 Å². The fraction of sp³-hybridized carbons (Fsp3) is 1.00. The Morgan fingerprint density at radius 1 is 1.15 bits per heavy atom. The highest BCUT2D eigenvalue weighted by Gasteiger charge is 2.42. The van der Waals surface area contributed by atoms with Gasteiger partial charge in [-0.3, -0.25) is 0 Å². The Labute approximate surface area is 80.2 Å². The molecule has 0 aromatic rings. The molecule has 0 N–H and O–H groups in total. The largest absolute Gasteiger partial charge is 0.213 e. The third-order valence-electron chi connectivity index (χ3n) is 3.51. The maximum absolute atomic E-state index is 11.3. The molecule has 2 rings (SSSR count). The van der Waals surface area contributed by atoms with Crippen molar-refractivity contribution >= 4 is 10.0 Å². The Morgan fingerprint density at radius 2 is 1.77 bits per heavy atom. The Kier molecular flexibility index (Phi) is 2.15. The highest BCUT2D eigenvalue weighted by molar-refractivity contribution is 7.88. The summed E-state index contributed by atoms with van der Waals surface area (Å²) in [5.41, 5.74) is 0.376. The van der Waals surface area contributed by atoms with Crippen molar-refractivity contribution in [2.75, 3.05) is 19.3 Å². The second kappa shape index (κ2) is 2.95. The van der Waals surface area contributed by atoms with Crippen molar-refractivity contribution in [3.05, 3.63) is 0 Å². The second-order valence-corrected chi connectivity index (χ2v) is 6.54. The van der Waals surface area contributed by atoms with Crippen molar-refractivity contribution in [2.24, 2.45) is 5.41 Å². The quantitative estimate of drug-likeness (QED) is 0.642. The van der Waals surface area contributed by atoms with E-state index in [1.165, 1.54) is 31.9 Å². The molecule has 0 unspecified atom stereocenters. The zero-order valence-electron chi connectivity index (χ0n) is 8.12. The molecular formula is C9H17NO2S. The normalized spacial score (nSPS) is 28.7. The van der Waals surface area contributed by atoms with E-state index in [1.807, 2.05) is 0 Å². The van der Waals surface area contributed by atoms with Crippen LogP contribution in [0, 0.1) is 5.41 Å². The second-order valence-electron chi connectivity index (χ2n) is 4.55. The van der Waals surface area contributed by atoms with Crippen LogP contribution in [-0.4, -0.2) is 32.1 Å². The molecule has 76 valence electrons. The maximum atomic E-state index is 11.3. The lowest BCUT2D eigenvalue weighted by molar-refractivity contribution is 0.0564. The van der Waals surface area contributed by atoms with E-state index in [0.717, 1.165) is 19.5 Å². The molecule has 2 aliphatic rings. The molecule has 1 aliphatic carbocycles. The van der Waals surface area contributed by atoms with Crippen LogP contribution in [-0.2, 0) is 10.0 Å². The smallest absolute Gasteiger partial charge is 0.211 e. The van der Waals surface area contributed by atoms with Gasteiger partial charge in [0, 0.05) is 13.1 Å². The minimum Gasteiger partial charge on any atom is -0.213 e. The van der Waals surface area contributed by atoms with Gasteiger partial charge in [0.15, 0.2) is 0 Å². The molecule has 4 heteroatoms. The van der Waals surface area contributed by atoms with Crippen molar-refractivity contribution < 1.29 is 8.42 Å². The van der Waals surface area contributed by atoms with Gasteiger partial charge in [-0.2, -0.15) is 0 Å². The minimum atomic E-state index is -2.94. The number of nitrogens with zero attached hydrogens (tertiary/aromatic N) is 1. The van der Waals surface area contributed by atoms with E-state index >= 15 is 0 Å². The van der Waals surface area contributed by atoms with Crippen LogP contribution in [0.15, 0.2) is 0 Å². The zero-order chi connectivity index (χ0) is 9.53. The van der Waals surface area contributed by atoms with Crippen molar-refractivity contribution in [1.82, 2.24) is 4.31 Å². The van der Waals surface area contributed by atoms with Crippen LogP contribution in [0.2, 0.25) is 0 Å². The summed E-state index contributed by atoms with van der Waals surface area (Å²) in [5.74, 6) is 0. The first kappa shape index (κ1) is 9.46. The first-order valence-corrected chi connectivity index (χ1v) is 6.82. The lowest BCUT2D eigenvalue weighted by atomic mass is 9.65. The van der Waals surface area contributed by atoms with Crippen molar-refractivity contribution in [2.45, 2.75) is 32.1 Å². The standard InChI is InChI=1S/C9H17NO2S/c1-13(11,12)10-7-3-6-9(8-10)4-2-5-9/h2-8H2,1H3. The Hall–Kier alpha value is -0.0900. The molecule has 1 saturated carbocycles. The molecule has 0 radical (unpaired) electrons. The van der Waals surface area contributed by atoms with Gasteiger partial charge in [-0.25, -0.2) is 12.7 Å². The predicted molar refractivity (Wildman–Crippen MR) is 51.9 cm³/mol. The first-order chi connectivity index (χ1) is 6.02. The third-order valence-corrected chi connectivity index (χ3v) is 4.76.